The third-order valence-corrected chi connectivity index (χ3v) is 5.18. The Morgan fingerprint density at radius 3 is 2.73 bits per heavy atom. The molecule has 1 amide bonds. The monoisotopic (exact) mass is 356 g/mol. The highest BCUT2D eigenvalue weighted by atomic mass is 16.5. The Morgan fingerprint density at radius 1 is 1.31 bits per heavy atom. The quantitative estimate of drug-likeness (QED) is 0.783. The smallest absolute Gasteiger partial charge is 0.223 e. The van der Waals surface area contributed by atoms with E-state index in [0.717, 1.165) is 18.8 Å². The summed E-state index contributed by atoms with van der Waals surface area (Å²) < 4.78 is 7.40. The van der Waals surface area contributed by atoms with Gasteiger partial charge >= 0.3 is 0 Å². The molecule has 1 aromatic carbocycles. The zero-order chi connectivity index (χ0) is 18.5. The summed E-state index contributed by atoms with van der Waals surface area (Å²) in [6.07, 6.45) is 5.17. The molecule has 2 heterocycles. The maximum Gasteiger partial charge on any atom is 0.223 e. The van der Waals surface area contributed by atoms with Gasteiger partial charge in [-0.2, -0.15) is 0 Å². The summed E-state index contributed by atoms with van der Waals surface area (Å²) in [5.41, 5.74) is 1.28. The molecule has 140 valence electrons. The molecule has 1 saturated heterocycles. The van der Waals surface area contributed by atoms with E-state index in [-0.39, 0.29) is 23.9 Å². The minimum Gasteiger partial charge on any atom is -0.383 e. The Labute approximate surface area is 155 Å². The number of ether oxygens (including phenoxy) is 1. The number of carbonyl (C=O) groups excluding carboxylic acids is 1. The van der Waals surface area contributed by atoms with Gasteiger partial charge in [-0.05, 0) is 12.0 Å². The van der Waals surface area contributed by atoms with Crippen LogP contribution in [0.2, 0.25) is 0 Å². The van der Waals surface area contributed by atoms with Crippen LogP contribution < -0.4 is 5.32 Å². The van der Waals surface area contributed by atoms with Crippen molar-refractivity contribution < 1.29 is 9.53 Å². The molecule has 1 aliphatic heterocycles. The molecule has 2 aromatic rings. The highest BCUT2D eigenvalue weighted by molar-refractivity contribution is 5.79. The highest BCUT2D eigenvalue weighted by Crippen LogP contribution is 2.35. The van der Waals surface area contributed by atoms with Crippen LogP contribution >= 0.6 is 0 Å². The van der Waals surface area contributed by atoms with Gasteiger partial charge in [0.1, 0.15) is 5.82 Å². The molecule has 3 rings (SSSR count). The van der Waals surface area contributed by atoms with Gasteiger partial charge in [0.2, 0.25) is 5.91 Å². The van der Waals surface area contributed by atoms with E-state index in [1.54, 1.807) is 13.3 Å². The van der Waals surface area contributed by atoms with Gasteiger partial charge in [0.25, 0.3) is 0 Å². The van der Waals surface area contributed by atoms with E-state index in [1.807, 2.05) is 35.8 Å². The van der Waals surface area contributed by atoms with Gasteiger partial charge in [0.15, 0.2) is 0 Å². The molecule has 6 heteroatoms. The Bertz CT molecular complexity index is 716. The van der Waals surface area contributed by atoms with Crippen molar-refractivity contribution in [3.63, 3.8) is 0 Å². The van der Waals surface area contributed by atoms with E-state index in [4.69, 9.17) is 4.74 Å². The second-order valence-corrected chi connectivity index (χ2v) is 7.06. The number of rotatable bonds is 8. The molecule has 0 saturated carbocycles. The van der Waals surface area contributed by atoms with Gasteiger partial charge in [-0.1, -0.05) is 30.3 Å². The molecular weight excluding hydrogens is 328 g/mol. The topological polar surface area (TPSA) is 59.4 Å². The second-order valence-electron chi connectivity index (χ2n) is 7.06. The van der Waals surface area contributed by atoms with Gasteiger partial charge in [-0.15, -0.1) is 0 Å². The number of methoxy groups -OCH3 is 1. The van der Waals surface area contributed by atoms with Crippen molar-refractivity contribution in [3.8, 4) is 0 Å². The predicted octanol–water partition coefficient (Wildman–Crippen LogP) is 1.79. The van der Waals surface area contributed by atoms with Crippen molar-refractivity contribution >= 4 is 5.91 Å². The third kappa shape index (κ3) is 4.14. The molecule has 1 unspecified atom stereocenters. The first kappa shape index (κ1) is 18.6. The number of aromatic nitrogens is 2. The molecule has 1 aromatic heterocycles. The number of hydrogen-bond acceptors (Lipinski definition) is 4. The molecule has 1 fully saturated rings. The van der Waals surface area contributed by atoms with Gasteiger partial charge in [-0.25, -0.2) is 4.98 Å². The fourth-order valence-corrected chi connectivity index (χ4v) is 3.79. The largest absolute Gasteiger partial charge is 0.383 e. The van der Waals surface area contributed by atoms with Crippen LogP contribution in [0.1, 0.15) is 23.9 Å². The van der Waals surface area contributed by atoms with E-state index in [2.05, 4.69) is 34.6 Å². The van der Waals surface area contributed by atoms with Crippen molar-refractivity contribution in [2.24, 2.45) is 13.0 Å². The Balaban J connectivity index is 1.67. The molecule has 0 radical (unpaired) electrons. The molecule has 0 spiro atoms. The van der Waals surface area contributed by atoms with Crippen LogP contribution in [0, 0.1) is 5.92 Å². The maximum absolute atomic E-state index is 12.3. The summed E-state index contributed by atoms with van der Waals surface area (Å²) in [5.74, 6) is 1.32. The molecule has 0 aliphatic carbocycles. The predicted molar refractivity (Wildman–Crippen MR) is 101 cm³/mol. The number of likely N-dealkylation sites (tertiary alicyclic amines) is 1. The second kappa shape index (κ2) is 8.47. The fourth-order valence-electron chi connectivity index (χ4n) is 3.79. The minimum atomic E-state index is 0.00919. The lowest BCUT2D eigenvalue weighted by molar-refractivity contribution is -0.127. The first-order valence-corrected chi connectivity index (χ1v) is 9.09. The van der Waals surface area contributed by atoms with E-state index >= 15 is 0 Å². The molecule has 6 nitrogen and oxygen atoms in total. The number of imidazole rings is 1. The van der Waals surface area contributed by atoms with Crippen LogP contribution in [0.15, 0.2) is 42.7 Å². The van der Waals surface area contributed by atoms with Gasteiger partial charge in [-0.3, -0.25) is 4.79 Å². The number of aryl methyl sites for hydroxylation is 1. The van der Waals surface area contributed by atoms with E-state index in [1.165, 1.54) is 5.56 Å². The standard InChI is InChI=1S/C20H28N4O2/c1-23-10-9-21-20(23)19-16(12-18(25)24(19)2)13-22-17(14-26-3)11-15-7-5-4-6-8-15/h4-10,16-17,19,22H,11-14H2,1-3H3/t16-,17?,19+/m0/s1. The molecule has 1 N–H and O–H groups in total. The zero-order valence-electron chi connectivity index (χ0n) is 15.8. The maximum atomic E-state index is 12.3. The van der Waals surface area contributed by atoms with Crippen molar-refractivity contribution in [1.29, 1.82) is 0 Å². The lowest BCUT2D eigenvalue weighted by atomic mass is 9.98. The number of benzene rings is 1. The van der Waals surface area contributed by atoms with Crippen LogP contribution in [0.25, 0.3) is 0 Å². The summed E-state index contributed by atoms with van der Waals surface area (Å²) in [5, 5.41) is 3.62. The molecular formula is C20H28N4O2. The normalized spacial score (nSPS) is 21.3. The first-order valence-electron chi connectivity index (χ1n) is 9.09. The minimum absolute atomic E-state index is 0.00919. The van der Waals surface area contributed by atoms with Gasteiger partial charge in [0, 0.05) is 58.5 Å². The molecule has 3 atom stereocenters. The van der Waals surface area contributed by atoms with Crippen molar-refractivity contribution in [2.45, 2.75) is 24.9 Å². The lowest BCUT2D eigenvalue weighted by Gasteiger charge is -2.26. The summed E-state index contributed by atoms with van der Waals surface area (Å²) >= 11 is 0. The summed E-state index contributed by atoms with van der Waals surface area (Å²) in [6.45, 7) is 1.40. The summed E-state index contributed by atoms with van der Waals surface area (Å²) in [4.78, 5) is 18.6. The number of carbonyl (C=O) groups is 1. The van der Waals surface area contributed by atoms with Crippen LogP contribution in [0.3, 0.4) is 0 Å². The summed E-state index contributed by atoms with van der Waals surface area (Å²) in [7, 11) is 5.58. The van der Waals surface area contributed by atoms with Crippen molar-refractivity contribution in [2.75, 3.05) is 27.3 Å². The van der Waals surface area contributed by atoms with Crippen LogP contribution in [0.4, 0.5) is 0 Å². The number of amides is 1. The molecule has 26 heavy (non-hydrogen) atoms. The molecule has 1 aliphatic rings. The van der Waals surface area contributed by atoms with Crippen LogP contribution in [-0.4, -0.2) is 53.7 Å². The van der Waals surface area contributed by atoms with Crippen LogP contribution in [0.5, 0.6) is 0 Å². The number of nitrogens with one attached hydrogen (secondary N) is 1. The number of nitrogens with zero attached hydrogens (tertiary/aromatic N) is 3. The highest BCUT2D eigenvalue weighted by Gasteiger charge is 2.40. The Hall–Kier alpha value is -2.18. The zero-order valence-corrected chi connectivity index (χ0v) is 15.8. The van der Waals surface area contributed by atoms with Crippen molar-refractivity contribution in [3.05, 3.63) is 54.1 Å². The van der Waals surface area contributed by atoms with Crippen molar-refractivity contribution in [1.82, 2.24) is 19.8 Å². The van der Waals surface area contributed by atoms with Crippen LogP contribution in [-0.2, 0) is 23.0 Å². The van der Waals surface area contributed by atoms with Gasteiger partial charge in [0.05, 0.1) is 12.6 Å². The molecule has 0 bridgehead atoms. The van der Waals surface area contributed by atoms with E-state index in [0.29, 0.717) is 13.0 Å². The Kier molecular flexibility index (Phi) is 6.06. The van der Waals surface area contributed by atoms with Gasteiger partial charge < -0.3 is 19.5 Å². The number of hydrogen-bond donors (Lipinski definition) is 1. The third-order valence-electron chi connectivity index (χ3n) is 5.18. The first-order chi connectivity index (χ1) is 12.6. The SMILES string of the molecule is COCC(Cc1ccccc1)NC[C@@H]1CC(=O)N(C)[C@H]1c1nccn1C. The summed E-state index contributed by atoms with van der Waals surface area (Å²) in [6, 6.07) is 10.6. The average Bonchev–Trinajstić information content (AvgIpc) is 3.17. The average molecular weight is 356 g/mol. The Morgan fingerprint density at radius 2 is 2.08 bits per heavy atom. The van der Waals surface area contributed by atoms with E-state index < -0.39 is 0 Å². The fraction of sp³-hybridized carbons (Fsp3) is 0.500. The lowest BCUT2D eigenvalue weighted by Crippen LogP contribution is -2.39. The van der Waals surface area contributed by atoms with E-state index in [9.17, 15) is 4.79 Å².